The van der Waals surface area contributed by atoms with E-state index in [0.717, 1.165) is 31.0 Å². The molecular weight excluding hydrogens is 304 g/mol. The van der Waals surface area contributed by atoms with Gasteiger partial charge in [0.1, 0.15) is 11.6 Å². The smallest absolute Gasteiger partial charge is 0.256 e. The van der Waals surface area contributed by atoms with Crippen LogP contribution in [0.4, 0.5) is 8.78 Å². The molecule has 0 fully saturated rings. The molecule has 0 bridgehead atoms. The normalized spacial score (nSPS) is 10.4. The third-order valence-corrected chi connectivity index (χ3v) is 2.94. The fourth-order valence-corrected chi connectivity index (χ4v) is 2.03. The first-order chi connectivity index (χ1) is 8.60. The minimum Gasteiger partial charge on any atom is -0.338 e. The molecule has 0 spiro atoms. The van der Waals surface area contributed by atoms with Crippen LogP contribution in [-0.4, -0.2) is 29.2 Å². The van der Waals surface area contributed by atoms with Crippen molar-refractivity contribution in [2.24, 2.45) is 0 Å². The Morgan fingerprint density at radius 1 is 1.33 bits per heavy atom. The minimum atomic E-state index is -0.683. The third kappa shape index (κ3) is 4.05. The van der Waals surface area contributed by atoms with Gasteiger partial charge in [0.05, 0.1) is 5.56 Å². The molecular formula is C13H16BrF2NO. The van der Waals surface area contributed by atoms with Gasteiger partial charge < -0.3 is 4.90 Å². The van der Waals surface area contributed by atoms with Crippen LogP contribution in [0.5, 0.6) is 0 Å². The molecule has 1 aromatic rings. The van der Waals surface area contributed by atoms with E-state index in [1.54, 1.807) is 0 Å². The number of halogens is 3. The summed E-state index contributed by atoms with van der Waals surface area (Å²) in [5, 5.41) is 0.611. The van der Waals surface area contributed by atoms with Gasteiger partial charge in [-0.3, -0.25) is 4.79 Å². The molecule has 0 saturated carbocycles. The maximum absolute atomic E-state index is 13.5. The Labute approximate surface area is 114 Å². The monoisotopic (exact) mass is 319 g/mol. The summed E-state index contributed by atoms with van der Waals surface area (Å²) in [6.45, 7) is 3.05. The van der Waals surface area contributed by atoms with E-state index in [4.69, 9.17) is 0 Å². The molecule has 0 aromatic heterocycles. The van der Waals surface area contributed by atoms with E-state index in [9.17, 15) is 13.6 Å². The van der Waals surface area contributed by atoms with Crippen molar-refractivity contribution in [3.63, 3.8) is 0 Å². The van der Waals surface area contributed by atoms with Gasteiger partial charge in [0, 0.05) is 18.4 Å². The van der Waals surface area contributed by atoms with Gasteiger partial charge in [-0.25, -0.2) is 8.78 Å². The molecule has 0 aliphatic rings. The summed E-state index contributed by atoms with van der Waals surface area (Å²) in [6.07, 6.45) is 1.79. The van der Waals surface area contributed by atoms with E-state index in [0.29, 0.717) is 18.4 Å². The van der Waals surface area contributed by atoms with Gasteiger partial charge in [0.15, 0.2) is 0 Å². The average molecular weight is 320 g/mol. The molecule has 0 heterocycles. The van der Waals surface area contributed by atoms with E-state index < -0.39 is 17.5 Å². The fraction of sp³-hybridized carbons (Fsp3) is 0.462. The zero-order chi connectivity index (χ0) is 13.5. The third-order valence-electron chi connectivity index (χ3n) is 2.58. The van der Waals surface area contributed by atoms with Gasteiger partial charge in [0.2, 0.25) is 0 Å². The van der Waals surface area contributed by atoms with Crippen molar-refractivity contribution in [3.8, 4) is 0 Å². The Balaban J connectivity index is 2.90. The molecule has 0 aliphatic carbocycles. The van der Waals surface area contributed by atoms with Crippen LogP contribution in [0.3, 0.4) is 0 Å². The first-order valence-electron chi connectivity index (χ1n) is 5.90. The molecule has 18 heavy (non-hydrogen) atoms. The summed E-state index contributed by atoms with van der Waals surface area (Å²) in [7, 11) is 0. The molecule has 1 aromatic carbocycles. The number of alkyl halides is 1. The number of carbonyl (C=O) groups excluding carboxylic acids is 1. The summed E-state index contributed by atoms with van der Waals surface area (Å²) in [4.78, 5) is 13.6. The summed E-state index contributed by atoms with van der Waals surface area (Å²) in [5.41, 5.74) is -0.202. The van der Waals surface area contributed by atoms with Crippen molar-refractivity contribution < 1.29 is 13.6 Å². The van der Waals surface area contributed by atoms with Crippen molar-refractivity contribution >= 4 is 21.8 Å². The second kappa shape index (κ2) is 7.46. The Bertz CT molecular complexity index is 412. The lowest BCUT2D eigenvalue weighted by atomic mass is 10.1. The fourth-order valence-electron chi connectivity index (χ4n) is 1.60. The minimum absolute atomic E-state index is 0.202. The molecule has 1 amide bonds. The van der Waals surface area contributed by atoms with Crippen LogP contribution in [0.1, 0.15) is 30.1 Å². The molecule has 2 nitrogen and oxygen atoms in total. The second-order valence-electron chi connectivity index (χ2n) is 3.96. The topological polar surface area (TPSA) is 20.3 Å². The zero-order valence-electron chi connectivity index (χ0n) is 10.3. The predicted octanol–water partition coefficient (Wildman–Crippen LogP) is 3.60. The highest BCUT2D eigenvalue weighted by atomic mass is 79.9. The average Bonchev–Trinajstić information content (AvgIpc) is 2.36. The van der Waals surface area contributed by atoms with Crippen molar-refractivity contribution in [3.05, 3.63) is 35.4 Å². The van der Waals surface area contributed by atoms with E-state index in [-0.39, 0.29) is 5.56 Å². The summed E-state index contributed by atoms with van der Waals surface area (Å²) in [6, 6.07) is 2.94. The quantitative estimate of drug-likeness (QED) is 0.734. The first kappa shape index (κ1) is 15.1. The molecule has 0 saturated heterocycles. The summed E-state index contributed by atoms with van der Waals surface area (Å²) in [5.74, 6) is -1.74. The van der Waals surface area contributed by atoms with Crippen molar-refractivity contribution in [2.45, 2.75) is 19.8 Å². The highest BCUT2D eigenvalue weighted by molar-refractivity contribution is 9.09. The first-order valence-corrected chi connectivity index (χ1v) is 7.02. The molecule has 0 unspecified atom stereocenters. The number of carbonyl (C=O) groups is 1. The van der Waals surface area contributed by atoms with Gasteiger partial charge in [0.25, 0.3) is 5.91 Å². The van der Waals surface area contributed by atoms with E-state index in [2.05, 4.69) is 15.9 Å². The lowest BCUT2D eigenvalue weighted by Gasteiger charge is -2.21. The van der Waals surface area contributed by atoms with Gasteiger partial charge in [-0.1, -0.05) is 29.3 Å². The highest BCUT2D eigenvalue weighted by Gasteiger charge is 2.19. The maximum atomic E-state index is 13.5. The molecule has 0 radical (unpaired) electrons. The number of unbranched alkanes of at least 4 members (excludes halogenated alkanes) is 1. The van der Waals surface area contributed by atoms with Gasteiger partial charge >= 0.3 is 0 Å². The lowest BCUT2D eigenvalue weighted by molar-refractivity contribution is 0.0759. The largest absolute Gasteiger partial charge is 0.338 e. The van der Waals surface area contributed by atoms with Crippen molar-refractivity contribution in [1.29, 1.82) is 0 Å². The van der Waals surface area contributed by atoms with Crippen LogP contribution < -0.4 is 0 Å². The number of hydrogen-bond donors (Lipinski definition) is 0. The predicted molar refractivity (Wildman–Crippen MR) is 71.0 cm³/mol. The van der Waals surface area contributed by atoms with Crippen molar-refractivity contribution in [2.75, 3.05) is 18.4 Å². The van der Waals surface area contributed by atoms with E-state index in [1.165, 1.54) is 4.90 Å². The van der Waals surface area contributed by atoms with E-state index >= 15 is 0 Å². The molecule has 0 atom stereocenters. The Morgan fingerprint density at radius 2 is 2.06 bits per heavy atom. The lowest BCUT2D eigenvalue weighted by Crippen LogP contribution is -2.34. The van der Waals surface area contributed by atoms with Gasteiger partial charge in [-0.15, -0.1) is 0 Å². The molecule has 0 N–H and O–H groups in total. The van der Waals surface area contributed by atoms with E-state index in [1.807, 2.05) is 6.92 Å². The Hall–Kier alpha value is -0.970. The van der Waals surface area contributed by atoms with Crippen molar-refractivity contribution in [1.82, 2.24) is 4.90 Å². The highest BCUT2D eigenvalue weighted by Crippen LogP contribution is 2.13. The molecule has 100 valence electrons. The number of benzene rings is 1. The second-order valence-corrected chi connectivity index (χ2v) is 4.75. The number of nitrogens with zero attached hydrogens (tertiary/aromatic N) is 1. The number of hydrogen-bond acceptors (Lipinski definition) is 1. The van der Waals surface area contributed by atoms with Crippen LogP contribution in [0.2, 0.25) is 0 Å². The summed E-state index contributed by atoms with van der Waals surface area (Å²) < 4.78 is 26.6. The van der Waals surface area contributed by atoms with Crippen LogP contribution in [0.15, 0.2) is 18.2 Å². The zero-order valence-corrected chi connectivity index (χ0v) is 11.8. The van der Waals surface area contributed by atoms with Crippen LogP contribution in [0, 0.1) is 11.6 Å². The van der Waals surface area contributed by atoms with Gasteiger partial charge in [-0.2, -0.15) is 0 Å². The summed E-state index contributed by atoms with van der Waals surface area (Å²) >= 11 is 3.25. The maximum Gasteiger partial charge on any atom is 0.256 e. The number of rotatable bonds is 6. The standard InChI is InChI=1S/C13H16BrF2NO/c1-2-3-7-17(8-6-14)13(18)11-9-10(15)4-5-12(11)16/h4-5,9H,2-3,6-8H2,1H3. The van der Waals surface area contributed by atoms with Gasteiger partial charge in [-0.05, 0) is 24.6 Å². The van der Waals surface area contributed by atoms with Crippen LogP contribution in [0.25, 0.3) is 0 Å². The van der Waals surface area contributed by atoms with Crippen LogP contribution in [-0.2, 0) is 0 Å². The van der Waals surface area contributed by atoms with Crippen LogP contribution >= 0.6 is 15.9 Å². The SMILES string of the molecule is CCCCN(CCBr)C(=O)c1cc(F)ccc1F. The molecule has 0 aliphatic heterocycles. The molecule has 5 heteroatoms. The Kier molecular flexibility index (Phi) is 6.25. The molecule has 1 rings (SSSR count). The number of amides is 1. The Morgan fingerprint density at radius 3 is 2.67 bits per heavy atom.